The molecule has 0 bridgehead atoms. The van der Waals surface area contributed by atoms with E-state index in [1.54, 1.807) is 0 Å². The molecular weight excluding hydrogens is 272 g/mol. The van der Waals surface area contributed by atoms with Crippen LogP contribution < -0.4 is 4.74 Å². The molecule has 0 amide bonds. The van der Waals surface area contributed by atoms with E-state index in [9.17, 15) is 8.42 Å². The Bertz CT molecular complexity index is 518. The maximum Gasteiger partial charge on any atom is 0.150 e. The normalized spacial score (nSPS) is 15.2. The highest BCUT2D eigenvalue weighted by Crippen LogP contribution is 2.29. The minimum absolute atomic E-state index is 0.235. The van der Waals surface area contributed by atoms with E-state index in [0.29, 0.717) is 12.2 Å². The van der Waals surface area contributed by atoms with Crippen LogP contribution in [0.5, 0.6) is 5.75 Å². The van der Waals surface area contributed by atoms with Crippen LogP contribution >= 0.6 is 0 Å². The Labute approximate surface area is 122 Å². The van der Waals surface area contributed by atoms with Crippen LogP contribution in [0, 0.1) is 5.92 Å². The summed E-state index contributed by atoms with van der Waals surface area (Å²) in [6, 6.07) is 7.82. The maximum atomic E-state index is 11.8. The number of hydrogen-bond donors (Lipinski definition) is 0. The minimum Gasteiger partial charge on any atom is -0.493 e. The van der Waals surface area contributed by atoms with E-state index in [1.807, 2.05) is 31.2 Å². The summed E-state index contributed by atoms with van der Waals surface area (Å²) in [6.07, 6.45) is 4.80. The van der Waals surface area contributed by atoms with Gasteiger partial charge >= 0.3 is 0 Å². The summed E-state index contributed by atoms with van der Waals surface area (Å²) >= 11 is 0. The van der Waals surface area contributed by atoms with Gasteiger partial charge in [0, 0.05) is 0 Å². The number of sulfone groups is 1. The Morgan fingerprint density at radius 1 is 1.25 bits per heavy atom. The topological polar surface area (TPSA) is 43.4 Å². The minimum atomic E-state index is -2.91. The molecule has 0 spiro atoms. The molecule has 0 radical (unpaired) electrons. The number of aryl methyl sites for hydroxylation is 1. The van der Waals surface area contributed by atoms with Gasteiger partial charge in [-0.1, -0.05) is 25.5 Å². The molecule has 3 nitrogen and oxygen atoms in total. The van der Waals surface area contributed by atoms with Crippen LogP contribution in [0.3, 0.4) is 0 Å². The van der Waals surface area contributed by atoms with Gasteiger partial charge in [-0.15, -0.1) is 0 Å². The molecule has 0 aromatic heterocycles. The lowest BCUT2D eigenvalue weighted by molar-refractivity contribution is 0.299. The summed E-state index contributed by atoms with van der Waals surface area (Å²) in [5.41, 5.74) is 1.04. The first-order valence-electron chi connectivity index (χ1n) is 7.51. The summed E-state index contributed by atoms with van der Waals surface area (Å²) < 4.78 is 29.4. The maximum absolute atomic E-state index is 11.8. The van der Waals surface area contributed by atoms with Gasteiger partial charge in [0.25, 0.3) is 0 Å². The Kier molecular flexibility index (Phi) is 5.46. The highest BCUT2D eigenvalue weighted by atomic mass is 32.2. The van der Waals surface area contributed by atoms with Crippen molar-refractivity contribution in [2.45, 2.75) is 39.0 Å². The zero-order valence-corrected chi connectivity index (χ0v) is 13.0. The molecule has 0 aliphatic heterocycles. The molecule has 0 heterocycles. The number of rotatable bonds is 9. The number of benzene rings is 1. The van der Waals surface area contributed by atoms with Crippen molar-refractivity contribution in [3.8, 4) is 5.75 Å². The van der Waals surface area contributed by atoms with Gasteiger partial charge in [-0.2, -0.15) is 0 Å². The molecule has 1 aromatic rings. The smallest absolute Gasteiger partial charge is 0.150 e. The first-order chi connectivity index (χ1) is 9.59. The molecule has 0 N–H and O–H groups in total. The predicted octanol–water partition coefficient (Wildman–Crippen LogP) is 3.23. The lowest BCUT2D eigenvalue weighted by atomic mass is 10.2. The largest absolute Gasteiger partial charge is 0.493 e. The average molecular weight is 296 g/mol. The van der Waals surface area contributed by atoms with Crippen LogP contribution in [0.25, 0.3) is 0 Å². The number of unbranched alkanes of at least 4 members (excludes halogenated alkanes) is 1. The average Bonchev–Trinajstić information content (AvgIpc) is 3.26. The zero-order valence-electron chi connectivity index (χ0n) is 12.2. The van der Waals surface area contributed by atoms with Crippen molar-refractivity contribution < 1.29 is 13.2 Å². The predicted molar refractivity (Wildman–Crippen MR) is 81.9 cm³/mol. The van der Waals surface area contributed by atoms with E-state index >= 15 is 0 Å². The van der Waals surface area contributed by atoms with Gasteiger partial charge in [0.1, 0.15) is 5.75 Å². The second kappa shape index (κ2) is 7.11. The van der Waals surface area contributed by atoms with Crippen LogP contribution in [0.1, 0.15) is 38.2 Å². The fraction of sp³-hybridized carbons (Fsp3) is 0.625. The van der Waals surface area contributed by atoms with Crippen LogP contribution in [-0.4, -0.2) is 26.5 Å². The third kappa shape index (κ3) is 5.53. The second-order valence-corrected chi connectivity index (χ2v) is 7.96. The van der Waals surface area contributed by atoms with Crippen LogP contribution in [-0.2, 0) is 16.3 Å². The van der Waals surface area contributed by atoms with Crippen molar-refractivity contribution in [1.82, 2.24) is 0 Å². The highest BCUT2D eigenvalue weighted by Gasteiger charge is 2.21. The molecule has 1 aliphatic carbocycles. The number of hydrogen-bond acceptors (Lipinski definition) is 3. The van der Waals surface area contributed by atoms with Crippen LogP contribution in [0.4, 0.5) is 0 Å². The van der Waals surface area contributed by atoms with Gasteiger partial charge in [0.2, 0.25) is 0 Å². The molecule has 0 atom stereocenters. The first kappa shape index (κ1) is 15.4. The number of ether oxygens (including phenoxy) is 1. The van der Waals surface area contributed by atoms with Crippen LogP contribution in [0.2, 0.25) is 0 Å². The van der Waals surface area contributed by atoms with Gasteiger partial charge in [0.05, 0.1) is 18.1 Å². The molecular formula is C16H24O3S. The van der Waals surface area contributed by atoms with Gasteiger partial charge in [-0.25, -0.2) is 8.42 Å². The van der Waals surface area contributed by atoms with Crippen molar-refractivity contribution in [2.24, 2.45) is 5.92 Å². The molecule has 0 unspecified atom stereocenters. The van der Waals surface area contributed by atoms with E-state index in [1.165, 1.54) is 12.8 Å². The monoisotopic (exact) mass is 296 g/mol. The summed E-state index contributed by atoms with van der Waals surface area (Å²) in [4.78, 5) is 0. The van der Waals surface area contributed by atoms with E-state index in [2.05, 4.69) is 0 Å². The van der Waals surface area contributed by atoms with Gasteiger partial charge < -0.3 is 4.74 Å². The zero-order chi connectivity index (χ0) is 14.4. The van der Waals surface area contributed by atoms with Crippen molar-refractivity contribution in [3.63, 3.8) is 0 Å². The fourth-order valence-corrected chi connectivity index (χ4v) is 3.51. The lowest BCUT2D eigenvalue weighted by Crippen LogP contribution is -2.13. The van der Waals surface area contributed by atoms with E-state index in [-0.39, 0.29) is 5.75 Å². The second-order valence-electron chi connectivity index (χ2n) is 5.66. The fourth-order valence-electron chi connectivity index (χ4n) is 2.03. The summed E-state index contributed by atoms with van der Waals surface area (Å²) in [7, 11) is -2.91. The van der Waals surface area contributed by atoms with E-state index in [4.69, 9.17) is 4.74 Å². The molecule has 1 saturated carbocycles. The molecule has 112 valence electrons. The van der Waals surface area contributed by atoms with Crippen molar-refractivity contribution in [1.29, 1.82) is 0 Å². The molecule has 4 heteroatoms. The highest BCUT2D eigenvalue weighted by molar-refractivity contribution is 7.91. The van der Waals surface area contributed by atoms with Crippen molar-refractivity contribution >= 4 is 9.84 Å². The van der Waals surface area contributed by atoms with Crippen LogP contribution in [0.15, 0.2) is 24.3 Å². The van der Waals surface area contributed by atoms with Crippen molar-refractivity contribution in [2.75, 3.05) is 18.1 Å². The summed E-state index contributed by atoms with van der Waals surface area (Å²) in [5.74, 6) is 2.13. The van der Waals surface area contributed by atoms with Gasteiger partial charge in [0.15, 0.2) is 9.84 Å². The summed E-state index contributed by atoms with van der Waals surface area (Å²) in [6.45, 7) is 2.80. The Morgan fingerprint density at radius 3 is 2.75 bits per heavy atom. The molecule has 20 heavy (non-hydrogen) atoms. The standard InChI is InChI=1S/C16H24O3S/c1-2-3-10-20(17,18)11-9-14-5-4-6-16(12-14)19-13-15-7-8-15/h4-6,12,15H,2-3,7-11,13H2,1H3. The van der Waals surface area contributed by atoms with Crippen molar-refractivity contribution in [3.05, 3.63) is 29.8 Å². The Hall–Kier alpha value is -1.03. The molecule has 1 fully saturated rings. The Balaban J connectivity index is 1.83. The SMILES string of the molecule is CCCCS(=O)(=O)CCc1cccc(OCC2CC2)c1. The molecule has 0 saturated heterocycles. The first-order valence-corrected chi connectivity index (χ1v) is 9.33. The molecule has 2 rings (SSSR count). The molecule has 1 aliphatic rings. The Morgan fingerprint density at radius 2 is 2.05 bits per heavy atom. The van der Waals surface area contributed by atoms with Gasteiger partial charge in [-0.05, 0) is 49.3 Å². The quantitative estimate of drug-likeness (QED) is 0.702. The van der Waals surface area contributed by atoms with E-state index in [0.717, 1.165) is 36.7 Å². The summed E-state index contributed by atoms with van der Waals surface area (Å²) in [5, 5.41) is 0. The molecule has 1 aromatic carbocycles. The van der Waals surface area contributed by atoms with Gasteiger partial charge in [-0.3, -0.25) is 0 Å². The lowest BCUT2D eigenvalue weighted by Gasteiger charge is -2.08. The van der Waals surface area contributed by atoms with E-state index < -0.39 is 9.84 Å². The third-order valence-corrected chi connectivity index (χ3v) is 5.33. The third-order valence-electron chi connectivity index (χ3n) is 3.59.